The molecular weight excluding hydrogens is 337 g/mol. The summed E-state index contributed by atoms with van der Waals surface area (Å²) in [7, 11) is 0. The molecule has 4 N–H and O–H groups in total. The molecule has 2 rings (SSSR count). The Labute approximate surface area is 137 Å². The first-order valence-corrected chi connectivity index (χ1v) is 6.30. The van der Waals surface area contributed by atoms with Gasteiger partial charge in [-0.15, -0.1) is 12.4 Å². The van der Waals surface area contributed by atoms with Crippen molar-refractivity contribution < 1.29 is 4.79 Å². The van der Waals surface area contributed by atoms with E-state index in [4.69, 9.17) is 34.7 Å². The van der Waals surface area contributed by atoms with Crippen molar-refractivity contribution >= 4 is 47.5 Å². The lowest BCUT2D eigenvalue weighted by Gasteiger charge is -2.08. The average molecular weight is 349 g/mol. The van der Waals surface area contributed by atoms with Crippen LogP contribution < -0.4 is 11.5 Å². The Morgan fingerprint density at radius 2 is 2.00 bits per heavy atom. The summed E-state index contributed by atoms with van der Waals surface area (Å²) in [6.07, 6.45) is 1.38. The summed E-state index contributed by atoms with van der Waals surface area (Å²) in [5, 5.41) is 4.87. The molecule has 1 aromatic heterocycles. The molecule has 6 nitrogen and oxygen atoms in total. The van der Waals surface area contributed by atoms with Gasteiger partial charge in [0.15, 0.2) is 5.96 Å². The monoisotopic (exact) mass is 347 g/mol. The van der Waals surface area contributed by atoms with Gasteiger partial charge in [0, 0.05) is 0 Å². The van der Waals surface area contributed by atoms with Crippen LogP contribution in [0.25, 0.3) is 5.69 Å². The zero-order valence-electron chi connectivity index (χ0n) is 10.9. The van der Waals surface area contributed by atoms with Crippen LogP contribution in [-0.4, -0.2) is 21.6 Å². The van der Waals surface area contributed by atoms with Gasteiger partial charge in [0.2, 0.25) is 0 Å². The number of carbonyl (C=O) groups is 1. The molecular formula is C12H12Cl3N5O. The van der Waals surface area contributed by atoms with Crippen LogP contribution in [0.1, 0.15) is 16.1 Å². The highest BCUT2D eigenvalue weighted by Crippen LogP contribution is 2.29. The Balaban J connectivity index is 0.00000220. The maximum Gasteiger partial charge on any atom is 0.283 e. The largest absolute Gasteiger partial charge is 0.370 e. The number of hydrogen-bond acceptors (Lipinski definition) is 2. The number of carbonyl (C=O) groups excluding carboxylic acids is 1. The summed E-state index contributed by atoms with van der Waals surface area (Å²) >= 11 is 12.1. The Morgan fingerprint density at radius 3 is 2.62 bits per heavy atom. The van der Waals surface area contributed by atoms with Gasteiger partial charge in [-0.3, -0.25) is 4.79 Å². The van der Waals surface area contributed by atoms with Crippen LogP contribution >= 0.6 is 35.6 Å². The average Bonchev–Trinajstić information content (AvgIpc) is 2.74. The van der Waals surface area contributed by atoms with Crippen molar-refractivity contribution in [2.24, 2.45) is 16.5 Å². The molecule has 1 amide bonds. The van der Waals surface area contributed by atoms with E-state index in [9.17, 15) is 4.79 Å². The highest BCUT2D eigenvalue weighted by atomic mass is 35.5. The van der Waals surface area contributed by atoms with Crippen molar-refractivity contribution in [2.45, 2.75) is 6.92 Å². The minimum absolute atomic E-state index is 0. The van der Waals surface area contributed by atoms with E-state index >= 15 is 0 Å². The molecule has 0 radical (unpaired) electrons. The van der Waals surface area contributed by atoms with Crippen molar-refractivity contribution in [2.75, 3.05) is 0 Å². The van der Waals surface area contributed by atoms with Crippen LogP contribution in [0.3, 0.4) is 0 Å². The molecule has 0 spiro atoms. The zero-order valence-corrected chi connectivity index (χ0v) is 13.2. The smallest absolute Gasteiger partial charge is 0.283 e. The summed E-state index contributed by atoms with van der Waals surface area (Å²) in [6, 6.07) is 5.14. The molecule has 112 valence electrons. The first kappa shape index (κ1) is 17.3. The summed E-state index contributed by atoms with van der Waals surface area (Å²) in [5.74, 6) is -0.866. The van der Waals surface area contributed by atoms with E-state index in [2.05, 4.69) is 10.1 Å². The van der Waals surface area contributed by atoms with Gasteiger partial charge in [-0.05, 0) is 19.1 Å². The van der Waals surface area contributed by atoms with Crippen molar-refractivity contribution in [3.8, 4) is 5.69 Å². The fourth-order valence-electron chi connectivity index (χ4n) is 1.70. The minimum atomic E-state index is -0.563. The van der Waals surface area contributed by atoms with Crippen LogP contribution in [0.4, 0.5) is 0 Å². The molecule has 0 saturated heterocycles. The topological polar surface area (TPSA) is 99.3 Å². The Morgan fingerprint density at radius 1 is 1.33 bits per heavy atom. The molecule has 0 saturated carbocycles. The van der Waals surface area contributed by atoms with Crippen molar-refractivity contribution in [1.29, 1.82) is 0 Å². The minimum Gasteiger partial charge on any atom is -0.370 e. The van der Waals surface area contributed by atoms with Crippen LogP contribution in [-0.2, 0) is 0 Å². The van der Waals surface area contributed by atoms with Crippen LogP contribution in [0.15, 0.2) is 29.4 Å². The summed E-state index contributed by atoms with van der Waals surface area (Å²) in [4.78, 5) is 15.3. The molecule has 21 heavy (non-hydrogen) atoms. The van der Waals surface area contributed by atoms with Crippen molar-refractivity contribution in [3.63, 3.8) is 0 Å². The van der Waals surface area contributed by atoms with E-state index in [0.29, 0.717) is 21.4 Å². The lowest BCUT2D eigenvalue weighted by atomic mass is 10.2. The molecule has 0 unspecified atom stereocenters. The molecule has 0 aliphatic rings. The van der Waals surface area contributed by atoms with Crippen molar-refractivity contribution in [3.05, 3.63) is 45.7 Å². The number of rotatable bonds is 2. The second-order valence-electron chi connectivity index (χ2n) is 3.97. The van der Waals surface area contributed by atoms with Gasteiger partial charge in [0.25, 0.3) is 5.91 Å². The highest BCUT2D eigenvalue weighted by Gasteiger charge is 2.17. The van der Waals surface area contributed by atoms with Gasteiger partial charge >= 0.3 is 0 Å². The van der Waals surface area contributed by atoms with E-state index in [0.717, 1.165) is 0 Å². The van der Waals surface area contributed by atoms with E-state index in [1.807, 2.05) is 0 Å². The Hall–Kier alpha value is -1.76. The number of benzene rings is 1. The number of hydrogen-bond donors (Lipinski definition) is 2. The van der Waals surface area contributed by atoms with Gasteiger partial charge in [-0.2, -0.15) is 10.1 Å². The Kier molecular flexibility index (Phi) is 5.60. The fourth-order valence-corrected chi connectivity index (χ4v) is 2.07. The lowest BCUT2D eigenvalue weighted by Crippen LogP contribution is -2.24. The quantitative estimate of drug-likeness (QED) is 0.642. The first-order valence-electron chi connectivity index (χ1n) is 5.54. The Bertz CT molecular complexity index is 707. The molecule has 2 aromatic rings. The summed E-state index contributed by atoms with van der Waals surface area (Å²) < 4.78 is 1.50. The number of aromatic nitrogens is 2. The number of guanidine groups is 1. The molecule has 0 aliphatic heterocycles. The van der Waals surface area contributed by atoms with Crippen LogP contribution in [0.2, 0.25) is 10.0 Å². The zero-order chi connectivity index (χ0) is 14.9. The van der Waals surface area contributed by atoms with Gasteiger partial charge < -0.3 is 11.5 Å². The summed E-state index contributed by atoms with van der Waals surface area (Å²) in [6.45, 7) is 1.71. The second-order valence-corrected chi connectivity index (χ2v) is 4.76. The van der Waals surface area contributed by atoms with E-state index in [-0.39, 0.29) is 23.9 Å². The third kappa shape index (κ3) is 3.47. The standard InChI is InChI=1S/C12H11Cl2N5O.ClH/c1-6-7(11(20)18-12(15)16)5-17-19(6)9-4-2-3-8(13)10(9)14;/h2-5H,1H3,(H4,15,16,18,20);1H. The maximum atomic E-state index is 11.8. The highest BCUT2D eigenvalue weighted by molar-refractivity contribution is 6.43. The first-order chi connectivity index (χ1) is 9.41. The van der Waals surface area contributed by atoms with Gasteiger partial charge in [-0.1, -0.05) is 29.3 Å². The number of amides is 1. The number of aliphatic imine (C=N–C) groups is 1. The van der Waals surface area contributed by atoms with E-state index < -0.39 is 5.91 Å². The van der Waals surface area contributed by atoms with Gasteiger partial charge in [0.1, 0.15) is 0 Å². The maximum absolute atomic E-state index is 11.8. The molecule has 0 fully saturated rings. The van der Waals surface area contributed by atoms with E-state index in [1.165, 1.54) is 10.9 Å². The molecule has 1 heterocycles. The summed E-state index contributed by atoms with van der Waals surface area (Å²) in [5.41, 5.74) is 11.8. The molecule has 0 atom stereocenters. The second kappa shape index (κ2) is 6.80. The van der Waals surface area contributed by atoms with Gasteiger partial charge in [0.05, 0.1) is 33.2 Å². The normalized spacial score (nSPS) is 9.86. The molecule has 1 aromatic carbocycles. The molecule has 0 aliphatic carbocycles. The predicted molar refractivity (Wildman–Crippen MR) is 85.7 cm³/mol. The van der Waals surface area contributed by atoms with Gasteiger partial charge in [-0.25, -0.2) is 4.68 Å². The SMILES string of the molecule is Cc1c(C(=O)N=C(N)N)cnn1-c1cccc(Cl)c1Cl.Cl. The molecule has 9 heteroatoms. The lowest BCUT2D eigenvalue weighted by molar-refractivity contribution is 0.100. The van der Waals surface area contributed by atoms with Crippen LogP contribution in [0.5, 0.6) is 0 Å². The predicted octanol–water partition coefficient (Wildman–Crippen LogP) is 2.32. The third-order valence-corrected chi connectivity index (χ3v) is 3.44. The number of nitrogens with two attached hydrogens (primary N) is 2. The van der Waals surface area contributed by atoms with Crippen LogP contribution in [0, 0.1) is 6.92 Å². The number of nitrogens with zero attached hydrogens (tertiary/aromatic N) is 3. The van der Waals surface area contributed by atoms with E-state index in [1.54, 1.807) is 25.1 Å². The third-order valence-electron chi connectivity index (χ3n) is 2.63. The number of halogens is 3. The fraction of sp³-hybridized carbons (Fsp3) is 0.0833. The van der Waals surface area contributed by atoms with Crippen molar-refractivity contribution in [1.82, 2.24) is 9.78 Å². The molecule has 0 bridgehead atoms.